The minimum atomic E-state index is -1.26. The molecule has 2 unspecified atom stereocenters. The number of carboxylic acid groups (broad SMARTS) is 2. The zero-order valence-electron chi connectivity index (χ0n) is 25.4. The number of unbranched alkanes of at least 4 members (excludes halogenated alkanes) is 2. The van der Waals surface area contributed by atoms with Crippen molar-refractivity contribution in [3.63, 3.8) is 0 Å². The third kappa shape index (κ3) is 14.6. The molecule has 2 N–H and O–H groups in total. The van der Waals surface area contributed by atoms with E-state index in [0.29, 0.717) is 63.3 Å². The molecule has 0 saturated carbocycles. The Morgan fingerprint density at radius 2 is 1.18 bits per heavy atom. The fourth-order valence-corrected chi connectivity index (χ4v) is 4.73. The van der Waals surface area contributed by atoms with Crippen LogP contribution in [0.2, 0.25) is 0 Å². The monoisotopic (exact) mass is 566 g/mol. The van der Waals surface area contributed by atoms with Crippen LogP contribution < -0.4 is 0 Å². The van der Waals surface area contributed by atoms with Gasteiger partial charge in [-0.05, 0) is 54.7 Å². The fourth-order valence-electron chi connectivity index (χ4n) is 4.73. The summed E-state index contributed by atoms with van der Waals surface area (Å²) in [6.07, 6.45) is 10.1. The van der Waals surface area contributed by atoms with Crippen LogP contribution in [-0.4, -0.2) is 75.0 Å². The molecular formula is C32H54O8. The van der Waals surface area contributed by atoms with Crippen LogP contribution in [-0.2, 0) is 31.8 Å². The van der Waals surface area contributed by atoms with E-state index in [-0.39, 0.29) is 17.7 Å². The Hall–Kier alpha value is -2.00. The summed E-state index contributed by atoms with van der Waals surface area (Å²) in [5.41, 5.74) is 0.860. The van der Waals surface area contributed by atoms with Gasteiger partial charge in [-0.3, -0.25) is 0 Å². The van der Waals surface area contributed by atoms with E-state index in [1.54, 1.807) is 6.07 Å². The van der Waals surface area contributed by atoms with Crippen molar-refractivity contribution in [1.82, 2.24) is 0 Å². The lowest BCUT2D eigenvalue weighted by molar-refractivity contribution is 0.0311. The minimum absolute atomic E-state index is 0.174. The van der Waals surface area contributed by atoms with E-state index < -0.39 is 11.9 Å². The SMILES string of the molecule is CCCCC(CC)COCCOCCc1ccc(C(=O)O)c(C(=O)O)c1CCOCCOCC(CC)CCCC. The number of ether oxygens (including phenoxy) is 4. The molecule has 0 heterocycles. The van der Waals surface area contributed by atoms with E-state index in [9.17, 15) is 19.8 Å². The summed E-state index contributed by atoms with van der Waals surface area (Å²) in [6.45, 7) is 12.7. The molecule has 0 aliphatic heterocycles. The van der Waals surface area contributed by atoms with E-state index in [2.05, 4.69) is 27.7 Å². The van der Waals surface area contributed by atoms with Crippen molar-refractivity contribution >= 4 is 11.9 Å². The van der Waals surface area contributed by atoms with Crippen molar-refractivity contribution in [1.29, 1.82) is 0 Å². The molecule has 0 fully saturated rings. The molecule has 0 bridgehead atoms. The molecule has 0 amide bonds. The summed E-state index contributed by atoms with van der Waals surface area (Å²) in [5.74, 6) is -1.37. The van der Waals surface area contributed by atoms with Crippen molar-refractivity contribution in [2.45, 2.75) is 91.9 Å². The highest BCUT2D eigenvalue weighted by atomic mass is 16.5. The minimum Gasteiger partial charge on any atom is -0.478 e. The smallest absolute Gasteiger partial charge is 0.336 e. The standard InChI is InChI=1S/C32H54O8/c1-5-9-11-25(7-3)23-39-21-19-37-17-15-27-13-14-29(31(33)34)30(32(35)36)28(27)16-18-38-20-22-40-24-26(8-4)12-10-6-2/h13-14,25-26H,5-12,15-24H2,1-4H3,(H,33,34)(H,35,36). The van der Waals surface area contributed by atoms with Crippen LogP contribution >= 0.6 is 0 Å². The van der Waals surface area contributed by atoms with Crippen molar-refractivity contribution in [3.05, 3.63) is 34.4 Å². The number of carbonyl (C=O) groups is 2. The van der Waals surface area contributed by atoms with Crippen LogP contribution in [0.3, 0.4) is 0 Å². The van der Waals surface area contributed by atoms with Gasteiger partial charge in [-0.2, -0.15) is 0 Å². The second-order valence-corrected chi connectivity index (χ2v) is 10.4. The molecular weight excluding hydrogens is 512 g/mol. The lowest BCUT2D eigenvalue weighted by Crippen LogP contribution is -2.17. The Labute approximate surface area is 241 Å². The first kappa shape index (κ1) is 36.0. The van der Waals surface area contributed by atoms with Gasteiger partial charge in [0.25, 0.3) is 0 Å². The van der Waals surface area contributed by atoms with Gasteiger partial charge in [-0.15, -0.1) is 0 Å². The predicted octanol–water partition coefficient (Wildman–Crippen LogP) is 6.67. The van der Waals surface area contributed by atoms with Crippen LogP contribution in [0.5, 0.6) is 0 Å². The largest absolute Gasteiger partial charge is 0.478 e. The number of hydrogen-bond donors (Lipinski definition) is 2. The van der Waals surface area contributed by atoms with Gasteiger partial charge in [0.1, 0.15) is 0 Å². The van der Waals surface area contributed by atoms with E-state index >= 15 is 0 Å². The van der Waals surface area contributed by atoms with Crippen LogP contribution in [0.15, 0.2) is 12.1 Å². The number of rotatable bonds is 26. The van der Waals surface area contributed by atoms with Crippen molar-refractivity contribution in [2.24, 2.45) is 11.8 Å². The van der Waals surface area contributed by atoms with Gasteiger partial charge in [0.15, 0.2) is 0 Å². The Morgan fingerprint density at radius 3 is 1.62 bits per heavy atom. The topological polar surface area (TPSA) is 112 Å². The average molecular weight is 567 g/mol. The summed E-state index contributed by atoms with van der Waals surface area (Å²) in [6, 6.07) is 3.06. The highest BCUT2D eigenvalue weighted by Crippen LogP contribution is 2.22. The lowest BCUT2D eigenvalue weighted by Gasteiger charge is -2.17. The number of hydrogen-bond acceptors (Lipinski definition) is 6. The molecule has 0 aromatic heterocycles. The molecule has 0 aliphatic carbocycles. The Balaban J connectivity index is 2.59. The van der Waals surface area contributed by atoms with Crippen molar-refractivity contribution in [2.75, 3.05) is 52.9 Å². The first-order valence-electron chi connectivity index (χ1n) is 15.3. The van der Waals surface area contributed by atoms with Crippen molar-refractivity contribution in [3.8, 4) is 0 Å². The summed E-state index contributed by atoms with van der Waals surface area (Å²) in [5, 5.41) is 19.4. The highest BCUT2D eigenvalue weighted by Gasteiger charge is 2.22. The predicted molar refractivity (Wildman–Crippen MR) is 158 cm³/mol. The second-order valence-electron chi connectivity index (χ2n) is 10.4. The summed E-state index contributed by atoms with van der Waals surface area (Å²) in [4.78, 5) is 23.8. The Kier molecular flexibility index (Phi) is 20.4. The molecule has 8 nitrogen and oxygen atoms in total. The first-order chi connectivity index (χ1) is 19.4. The highest BCUT2D eigenvalue weighted by molar-refractivity contribution is 6.03. The maximum Gasteiger partial charge on any atom is 0.336 e. The summed E-state index contributed by atoms with van der Waals surface area (Å²) < 4.78 is 23.1. The molecule has 0 radical (unpaired) electrons. The van der Waals surface area contributed by atoms with Crippen molar-refractivity contribution < 1.29 is 38.7 Å². The zero-order valence-corrected chi connectivity index (χ0v) is 25.4. The van der Waals surface area contributed by atoms with Crippen LogP contribution in [0.4, 0.5) is 0 Å². The zero-order chi connectivity index (χ0) is 29.6. The van der Waals surface area contributed by atoms with Gasteiger partial charge in [0.05, 0.1) is 50.8 Å². The third-order valence-electron chi connectivity index (χ3n) is 7.40. The van der Waals surface area contributed by atoms with Crippen LogP contribution in [0.1, 0.15) is 111 Å². The first-order valence-corrected chi connectivity index (χ1v) is 15.3. The summed E-state index contributed by atoms with van der Waals surface area (Å²) in [7, 11) is 0. The molecule has 2 atom stereocenters. The second kappa shape index (κ2) is 22.7. The Morgan fingerprint density at radius 1 is 0.675 bits per heavy atom. The quantitative estimate of drug-likeness (QED) is 0.120. The maximum absolute atomic E-state index is 12.1. The van der Waals surface area contributed by atoms with Gasteiger partial charge in [0, 0.05) is 13.2 Å². The van der Waals surface area contributed by atoms with Crippen LogP contribution in [0, 0.1) is 11.8 Å². The van der Waals surface area contributed by atoms with E-state index in [4.69, 9.17) is 18.9 Å². The molecule has 0 saturated heterocycles. The molecule has 1 rings (SSSR count). The fraction of sp³-hybridized carbons (Fsp3) is 0.750. The van der Waals surface area contributed by atoms with Gasteiger partial charge < -0.3 is 29.2 Å². The molecule has 40 heavy (non-hydrogen) atoms. The summed E-state index contributed by atoms with van der Waals surface area (Å²) >= 11 is 0. The van der Waals surface area contributed by atoms with Gasteiger partial charge in [-0.1, -0.05) is 72.3 Å². The van der Waals surface area contributed by atoms with Crippen LogP contribution in [0.25, 0.3) is 0 Å². The molecule has 0 spiro atoms. The third-order valence-corrected chi connectivity index (χ3v) is 7.40. The molecule has 230 valence electrons. The molecule has 0 aliphatic rings. The Bertz CT molecular complexity index is 825. The molecule has 8 heteroatoms. The molecule has 1 aromatic rings. The number of carboxylic acids is 2. The van der Waals surface area contributed by atoms with Gasteiger partial charge in [-0.25, -0.2) is 9.59 Å². The maximum atomic E-state index is 12.1. The number of benzene rings is 1. The number of aromatic carboxylic acids is 2. The van der Waals surface area contributed by atoms with Gasteiger partial charge in [0.2, 0.25) is 0 Å². The van der Waals surface area contributed by atoms with Gasteiger partial charge >= 0.3 is 11.9 Å². The average Bonchev–Trinajstić information content (AvgIpc) is 2.94. The van der Waals surface area contributed by atoms with E-state index in [1.807, 2.05) is 0 Å². The normalized spacial score (nSPS) is 12.9. The van der Waals surface area contributed by atoms with E-state index in [0.717, 1.165) is 31.6 Å². The van der Waals surface area contributed by atoms with E-state index in [1.165, 1.54) is 44.6 Å². The lowest BCUT2D eigenvalue weighted by atomic mass is 9.92. The molecule has 1 aromatic carbocycles.